The molecule has 2 saturated carbocycles. The van der Waals surface area contributed by atoms with E-state index in [-0.39, 0.29) is 0 Å². The molecule has 0 aromatic carbocycles. The SMILES string of the molecule is CC(CC1COCCN1)NCC(C1CC1)C1CC1. The molecule has 3 heteroatoms. The topological polar surface area (TPSA) is 33.3 Å². The van der Waals surface area contributed by atoms with Gasteiger partial charge in [-0.3, -0.25) is 0 Å². The third-order valence-electron chi connectivity index (χ3n) is 4.79. The van der Waals surface area contributed by atoms with E-state index in [4.69, 9.17) is 4.74 Å². The molecule has 0 aromatic rings. The first-order valence-electron chi connectivity index (χ1n) is 7.87. The predicted molar refractivity (Wildman–Crippen MR) is 73.6 cm³/mol. The molecular weight excluding hydrogens is 224 g/mol. The molecule has 18 heavy (non-hydrogen) atoms. The second-order valence-corrected chi connectivity index (χ2v) is 6.61. The number of rotatable bonds is 7. The maximum absolute atomic E-state index is 5.51. The van der Waals surface area contributed by atoms with E-state index in [1.165, 1.54) is 38.6 Å². The van der Waals surface area contributed by atoms with Gasteiger partial charge in [0, 0.05) is 18.6 Å². The Kier molecular flexibility index (Phi) is 4.22. The van der Waals surface area contributed by atoms with Gasteiger partial charge in [0.2, 0.25) is 0 Å². The predicted octanol–water partition coefficient (Wildman–Crippen LogP) is 1.78. The van der Waals surface area contributed by atoms with E-state index in [0.29, 0.717) is 12.1 Å². The van der Waals surface area contributed by atoms with E-state index >= 15 is 0 Å². The van der Waals surface area contributed by atoms with E-state index in [1.54, 1.807) is 0 Å². The van der Waals surface area contributed by atoms with Gasteiger partial charge in [-0.25, -0.2) is 0 Å². The normalized spacial score (nSPS) is 30.7. The first kappa shape index (κ1) is 12.9. The molecule has 0 aromatic heterocycles. The fourth-order valence-electron chi connectivity index (χ4n) is 3.39. The smallest absolute Gasteiger partial charge is 0.0620 e. The molecule has 3 rings (SSSR count). The van der Waals surface area contributed by atoms with Gasteiger partial charge >= 0.3 is 0 Å². The van der Waals surface area contributed by atoms with E-state index in [9.17, 15) is 0 Å². The van der Waals surface area contributed by atoms with Crippen LogP contribution in [0, 0.1) is 17.8 Å². The van der Waals surface area contributed by atoms with Crippen molar-refractivity contribution >= 4 is 0 Å². The molecule has 0 bridgehead atoms. The van der Waals surface area contributed by atoms with Gasteiger partial charge in [-0.05, 0) is 63.3 Å². The lowest BCUT2D eigenvalue weighted by atomic mass is 9.97. The molecule has 2 aliphatic carbocycles. The molecule has 0 spiro atoms. The maximum atomic E-state index is 5.51. The van der Waals surface area contributed by atoms with Crippen molar-refractivity contribution in [1.82, 2.24) is 10.6 Å². The lowest BCUT2D eigenvalue weighted by molar-refractivity contribution is 0.0710. The summed E-state index contributed by atoms with van der Waals surface area (Å²) < 4.78 is 5.51. The summed E-state index contributed by atoms with van der Waals surface area (Å²) >= 11 is 0. The summed E-state index contributed by atoms with van der Waals surface area (Å²) in [4.78, 5) is 0. The zero-order valence-electron chi connectivity index (χ0n) is 11.7. The first-order chi connectivity index (χ1) is 8.83. The van der Waals surface area contributed by atoms with Gasteiger partial charge < -0.3 is 15.4 Å². The molecule has 1 saturated heterocycles. The van der Waals surface area contributed by atoms with Crippen LogP contribution >= 0.6 is 0 Å². The second kappa shape index (κ2) is 5.89. The Bertz CT molecular complexity index is 245. The molecule has 2 atom stereocenters. The average molecular weight is 252 g/mol. The highest BCUT2D eigenvalue weighted by Gasteiger charge is 2.41. The van der Waals surface area contributed by atoms with Crippen molar-refractivity contribution < 1.29 is 4.74 Å². The van der Waals surface area contributed by atoms with E-state index < -0.39 is 0 Å². The Morgan fingerprint density at radius 3 is 2.50 bits per heavy atom. The van der Waals surface area contributed by atoms with Crippen LogP contribution in [-0.4, -0.2) is 38.4 Å². The van der Waals surface area contributed by atoms with Gasteiger partial charge in [0.05, 0.1) is 13.2 Å². The second-order valence-electron chi connectivity index (χ2n) is 6.61. The minimum atomic E-state index is 0.557. The van der Waals surface area contributed by atoms with Crippen molar-refractivity contribution in [3.8, 4) is 0 Å². The van der Waals surface area contributed by atoms with E-state index in [1.807, 2.05) is 0 Å². The number of hydrogen-bond donors (Lipinski definition) is 2. The molecule has 3 nitrogen and oxygen atoms in total. The number of morpholine rings is 1. The van der Waals surface area contributed by atoms with Crippen LogP contribution in [0.2, 0.25) is 0 Å². The minimum Gasteiger partial charge on any atom is -0.379 e. The number of nitrogens with one attached hydrogen (secondary N) is 2. The van der Waals surface area contributed by atoms with Crippen LogP contribution in [0.15, 0.2) is 0 Å². The zero-order chi connectivity index (χ0) is 12.4. The molecule has 3 aliphatic rings. The molecule has 2 N–H and O–H groups in total. The highest BCUT2D eigenvalue weighted by Crippen LogP contribution is 2.48. The maximum Gasteiger partial charge on any atom is 0.0620 e. The Hall–Kier alpha value is -0.120. The number of ether oxygens (including phenoxy) is 1. The molecule has 1 aliphatic heterocycles. The molecular formula is C15H28N2O. The summed E-state index contributed by atoms with van der Waals surface area (Å²) in [6.45, 7) is 6.37. The van der Waals surface area contributed by atoms with Crippen molar-refractivity contribution in [2.45, 2.75) is 51.1 Å². The summed E-state index contributed by atoms with van der Waals surface area (Å²) in [6, 6.07) is 1.17. The summed E-state index contributed by atoms with van der Waals surface area (Å²) in [5, 5.41) is 7.32. The van der Waals surface area contributed by atoms with Crippen molar-refractivity contribution in [3.63, 3.8) is 0 Å². The molecule has 0 amide bonds. The lowest BCUT2D eigenvalue weighted by Crippen LogP contribution is -2.45. The van der Waals surface area contributed by atoms with Crippen LogP contribution in [0.4, 0.5) is 0 Å². The van der Waals surface area contributed by atoms with Crippen molar-refractivity contribution in [2.75, 3.05) is 26.3 Å². The van der Waals surface area contributed by atoms with Gasteiger partial charge in [-0.1, -0.05) is 0 Å². The van der Waals surface area contributed by atoms with Gasteiger partial charge in [0.1, 0.15) is 0 Å². The van der Waals surface area contributed by atoms with Crippen molar-refractivity contribution in [3.05, 3.63) is 0 Å². The number of hydrogen-bond acceptors (Lipinski definition) is 3. The van der Waals surface area contributed by atoms with Crippen LogP contribution in [0.5, 0.6) is 0 Å². The fraction of sp³-hybridized carbons (Fsp3) is 1.00. The first-order valence-corrected chi connectivity index (χ1v) is 7.87. The highest BCUT2D eigenvalue weighted by atomic mass is 16.5. The quantitative estimate of drug-likeness (QED) is 0.724. The zero-order valence-corrected chi connectivity index (χ0v) is 11.7. The highest BCUT2D eigenvalue weighted by molar-refractivity contribution is 4.93. The van der Waals surface area contributed by atoms with E-state index in [2.05, 4.69) is 17.6 Å². The Balaban J connectivity index is 1.36. The van der Waals surface area contributed by atoms with Gasteiger partial charge in [0.25, 0.3) is 0 Å². The van der Waals surface area contributed by atoms with Crippen LogP contribution in [0.3, 0.4) is 0 Å². The molecule has 3 fully saturated rings. The van der Waals surface area contributed by atoms with E-state index in [0.717, 1.165) is 37.5 Å². The van der Waals surface area contributed by atoms with Crippen LogP contribution < -0.4 is 10.6 Å². The third kappa shape index (κ3) is 3.69. The molecule has 104 valence electrons. The van der Waals surface area contributed by atoms with Crippen LogP contribution in [0.1, 0.15) is 39.0 Å². The molecule has 1 heterocycles. The lowest BCUT2D eigenvalue weighted by Gasteiger charge is -2.28. The standard InChI is InChI=1S/C15H28N2O/c1-11(8-14-10-18-7-6-16-14)17-9-15(12-2-3-12)13-4-5-13/h11-17H,2-10H2,1H3. The third-order valence-corrected chi connectivity index (χ3v) is 4.79. The minimum absolute atomic E-state index is 0.557. The largest absolute Gasteiger partial charge is 0.379 e. The molecule has 0 radical (unpaired) electrons. The Labute approximate surface area is 111 Å². The molecule has 2 unspecified atom stereocenters. The van der Waals surface area contributed by atoms with Crippen LogP contribution in [0.25, 0.3) is 0 Å². The summed E-state index contributed by atoms with van der Waals surface area (Å²) in [5.41, 5.74) is 0. The van der Waals surface area contributed by atoms with Gasteiger partial charge in [-0.2, -0.15) is 0 Å². The van der Waals surface area contributed by atoms with Gasteiger partial charge in [0.15, 0.2) is 0 Å². The van der Waals surface area contributed by atoms with Crippen molar-refractivity contribution in [1.29, 1.82) is 0 Å². The average Bonchev–Trinajstić information content (AvgIpc) is 3.25. The summed E-state index contributed by atoms with van der Waals surface area (Å²) in [7, 11) is 0. The Morgan fingerprint density at radius 1 is 1.22 bits per heavy atom. The summed E-state index contributed by atoms with van der Waals surface area (Å²) in [6.07, 6.45) is 7.18. The van der Waals surface area contributed by atoms with Crippen molar-refractivity contribution in [2.24, 2.45) is 17.8 Å². The fourth-order valence-corrected chi connectivity index (χ4v) is 3.39. The van der Waals surface area contributed by atoms with Gasteiger partial charge in [-0.15, -0.1) is 0 Å². The monoisotopic (exact) mass is 252 g/mol. The summed E-state index contributed by atoms with van der Waals surface area (Å²) in [5.74, 6) is 3.12. The Morgan fingerprint density at radius 2 is 1.94 bits per heavy atom. The van der Waals surface area contributed by atoms with Crippen LogP contribution in [-0.2, 0) is 4.74 Å².